The minimum Gasteiger partial charge on any atom is -0.375 e. The average Bonchev–Trinajstić information content (AvgIpc) is 3.41. The van der Waals surface area contributed by atoms with Crippen molar-refractivity contribution in [1.82, 2.24) is 14.9 Å². The van der Waals surface area contributed by atoms with Crippen LogP contribution in [0.15, 0.2) is 54.6 Å². The highest BCUT2D eigenvalue weighted by Crippen LogP contribution is 2.69. The van der Waals surface area contributed by atoms with Crippen LogP contribution in [0.5, 0.6) is 0 Å². The molecule has 0 saturated heterocycles. The average molecular weight is 471 g/mol. The first-order valence-corrected chi connectivity index (χ1v) is 12.3. The molecule has 2 saturated carbocycles. The van der Waals surface area contributed by atoms with Crippen molar-refractivity contribution in [3.8, 4) is 11.4 Å². The van der Waals surface area contributed by atoms with Crippen LogP contribution in [-0.4, -0.2) is 41.6 Å². The second-order valence-electron chi connectivity index (χ2n) is 10.2. The summed E-state index contributed by atoms with van der Waals surface area (Å²) in [5.41, 5.74) is 3.93. The molecular weight excluding hydrogens is 440 g/mol. The zero-order valence-corrected chi connectivity index (χ0v) is 20.1. The molecule has 35 heavy (non-hydrogen) atoms. The van der Waals surface area contributed by atoms with E-state index in [9.17, 15) is 9.59 Å². The fraction of sp³-hybridized carbons (Fsp3) is 0.393. The number of carbonyl (C=O) groups is 2. The van der Waals surface area contributed by atoms with E-state index in [-0.39, 0.29) is 18.4 Å². The molecule has 0 aliphatic heterocycles. The molecular formula is C28H30N4O3. The van der Waals surface area contributed by atoms with Crippen LogP contribution in [0.1, 0.15) is 29.6 Å². The molecule has 7 nitrogen and oxygen atoms in total. The topological polar surface area (TPSA) is 85.2 Å². The fourth-order valence-corrected chi connectivity index (χ4v) is 6.42. The quantitative estimate of drug-likeness (QED) is 0.508. The Balaban J connectivity index is 1.30. The first-order valence-electron chi connectivity index (χ1n) is 12.3. The van der Waals surface area contributed by atoms with Crippen molar-refractivity contribution in [3.05, 3.63) is 60.2 Å². The number of aryl methyl sites for hydroxylation is 1. The summed E-state index contributed by atoms with van der Waals surface area (Å²) in [7, 11) is 3.40. The van der Waals surface area contributed by atoms with E-state index in [0.717, 1.165) is 16.9 Å². The van der Waals surface area contributed by atoms with E-state index in [1.54, 1.807) is 6.07 Å². The van der Waals surface area contributed by atoms with Crippen LogP contribution >= 0.6 is 0 Å². The lowest BCUT2D eigenvalue weighted by atomic mass is 9.89. The number of rotatable bonds is 7. The SMILES string of the molecule is COCC(=O)Nc1cc(C(=O)NC[C@@H]2C[C@@H]3C=C[C@@H]2C32CC2)cc2nc(-c3ccccc3)n(C)c12. The molecule has 3 aliphatic carbocycles. The number of nitrogens with zero attached hydrogens (tertiary/aromatic N) is 2. The van der Waals surface area contributed by atoms with Gasteiger partial charge in [-0.2, -0.15) is 0 Å². The maximum Gasteiger partial charge on any atom is 0.251 e. The Kier molecular flexibility index (Phi) is 5.25. The number of allylic oxidation sites excluding steroid dienone is 2. The van der Waals surface area contributed by atoms with Gasteiger partial charge in [-0.15, -0.1) is 0 Å². The third-order valence-corrected chi connectivity index (χ3v) is 8.18. The molecule has 1 spiro atoms. The van der Waals surface area contributed by atoms with Gasteiger partial charge in [-0.3, -0.25) is 9.59 Å². The fourth-order valence-electron chi connectivity index (χ4n) is 6.42. The summed E-state index contributed by atoms with van der Waals surface area (Å²) in [6.07, 6.45) is 8.59. The summed E-state index contributed by atoms with van der Waals surface area (Å²) < 4.78 is 6.94. The van der Waals surface area contributed by atoms with Crippen LogP contribution in [0.3, 0.4) is 0 Å². The molecule has 1 heterocycles. The predicted octanol–water partition coefficient (Wildman–Crippen LogP) is 4.16. The van der Waals surface area contributed by atoms with E-state index in [0.29, 0.717) is 46.5 Å². The molecule has 3 atom stereocenters. The van der Waals surface area contributed by atoms with Gasteiger partial charge < -0.3 is 19.9 Å². The third kappa shape index (κ3) is 3.65. The highest BCUT2D eigenvalue weighted by Gasteiger charge is 2.62. The summed E-state index contributed by atoms with van der Waals surface area (Å²) in [5.74, 6) is 2.14. The summed E-state index contributed by atoms with van der Waals surface area (Å²) in [5, 5.41) is 6.08. The highest BCUT2D eigenvalue weighted by molar-refractivity contribution is 6.06. The number of ether oxygens (including phenoxy) is 1. The number of hydrogen-bond acceptors (Lipinski definition) is 4. The Labute approximate surface area is 204 Å². The number of imidazole rings is 1. The van der Waals surface area contributed by atoms with Crippen molar-refractivity contribution in [1.29, 1.82) is 0 Å². The van der Waals surface area contributed by atoms with Gasteiger partial charge in [0.2, 0.25) is 5.91 Å². The third-order valence-electron chi connectivity index (χ3n) is 8.18. The molecule has 6 rings (SSSR count). The Morgan fingerprint density at radius 3 is 2.69 bits per heavy atom. The Morgan fingerprint density at radius 2 is 1.97 bits per heavy atom. The van der Waals surface area contributed by atoms with Gasteiger partial charge in [0.05, 0.1) is 16.7 Å². The number of fused-ring (bicyclic) bond motifs is 1. The zero-order chi connectivity index (χ0) is 24.2. The molecule has 1 aromatic heterocycles. The second kappa shape index (κ2) is 8.34. The summed E-state index contributed by atoms with van der Waals surface area (Å²) in [6, 6.07) is 13.4. The Morgan fingerprint density at radius 1 is 1.17 bits per heavy atom. The van der Waals surface area contributed by atoms with Crippen LogP contribution in [0.2, 0.25) is 0 Å². The van der Waals surface area contributed by atoms with Crippen molar-refractivity contribution in [3.63, 3.8) is 0 Å². The van der Waals surface area contributed by atoms with Crippen molar-refractivity contribution in [2.24, 2.45) is 30.2 Å². The smallest absolute Gasteiger partial charge is 0.251 e. The molecule has 0 unspecified atom stereocenters. The van der Waals surface area contributed by atoms with Crippen molar-refractivity contribution in [2.45, 2.75) is 19.3 Å². The lowest BCUT2D eigenvalue weighted by molar-refractivity contribution is -0.119. The maximum atomic E-state index is 13.3. The molecule has 2 N–H and O–H groups in total. The molecule has 2 fully saturated rings. The summed E-state index contributed by atoms with van der Waals surface area (Å²) in [4.78, 5) is 30.5. The van der Waals surface area contributed by atoms with Gasteiger partial charge in [0.1, 0.15) is 12.4 Å². The van der Waals surface area contributed by atoms with Gasteiger partial charge in [0, 0.05) is 31.8 Å². The molecule has 0 radical (unpaired) electrons. The van der Waals surface area contributed by atoms with E-state index in [1.165, 1.54) is 26.4 Å². The van der Waals surface area contributed by atoms with E-state index >= 15 is 0 Å². The number of anilines is 1. The van der Waals surface area contributed by atoms with Crippen LogP contribution < -0.4 is 10.6 Å². The van der Waals surface area contributed by atoms with Crippen LogP contribution in [0, 0.1) is 23.2 Å². The van der Waals surface area contributed by atoms with Crippen molar-refractivity contribution >= 4 is 28.5 Å². The monoisotopic (exact) mass is 470 g/mol. The Hall–Kier alpha value is -3.45. The van der Waals surface area contributed by atoms with Gasteiger partial charge in [0.25, 0.3) is 5.91 Å². The summed E-state index contributed by atoms with van der Waals surface area (Å²) in [6.45, 7) is 0.605. The van der Waals surface area contributed by atoms with Crippen LogP contribution in [0.25, 0.3) is 22.4 Å². The van der Waals surface area contributed by atoms with E-state index in [1.807, 2.05) is 48.0 Å². The first-order chi connectivity index (χ1) is 17.0. The second-order valence-corrected chi connectivity index (χ2v) is 10.2. The van der Waals surface area contributed by atoms with E-state index in [2.05, 4.69) is 22.8 Å². The lowest BCUT2D eigenvalue weighted by Crippen LogP contribution is -2.31. The number of carbonyl (C=O) groups excluding carboxylic acids is 2. The standard InChI is InChI=1S/C28H30N4O3/c1-32-25-22(30-24(33)16-35-2)13-18(14-23(25)31-26(32)17-6-4-3-5-7-17)27(34)29-15-19-12-20-8-9-21(19)28(20)10-11-28/h3-9,13-14,19-21H,10-12,15-16H2,1-2H3,(H,29,34)(H,30,33)/t19-,20-,21-/m0/s1. The molecule has 7 heteroatoms. The number of methoxy groups -OCH3 is 1. The predicted molar refractivity (Wildman–Crippen MR) is 135 cm³/mol. The minimum absolute atomic E-state index is 0.0686. The number of aromatic nitrogens is 2. The number of amides is 2. The minimum atomic E-state index is -0.280. The van der Waals surface area contributed by atoms with Crippen LogP contribution in [0.4, 0.5) is 5.69 Å². The number of hydrogen-bond donors (Lipinski definition) is 2. The molecule has 2 aromatic carbocycles. The van der Waals surface area contributed by atoms with Gasteiger partial charge >= 0.3 is 0 Å². The molecule has 3 aromatic rings. The van der Waals surface area contributed by atoms with Crippen molar-refractivity contribution in [2.75, 3.05) is 25.6 Å². The van der Waals surface area contributed by atoms with Crippen LogP contribution in [-0.2, 0) is 16.6 Å². The number of benzene rings is 2. The van der Waals surface area contributed by atoms with E-state index < -0.39 is 0 Å². The highest BCUT2D eigenvalue weighted by atomic mass is 16.5. The zero-order valence-electron chi connectivity index (χ0n) is 20.1. The van der Waals surface area contributed by atoms with Gasteiger partial charge in [-0.05, 0) is 54.6 Å². The number of nitrogens with one attached hydrogen (secondary N) is 2. The molecule has 2 bridgehead atoms. The lowest BCUT2D eigenvalue weighted by Gasteiger charge is -2.20. The van der Waals surface area contributed by atoms with Crippen molar-refractivity contribution < 1.29 is 14.3 Å². The van der Waals surface area contributed by atoms with Gasteiger partial charge in [0.15, 0.2) is 0 Å². The van der Waals surface area contributed by atoms with E-state index in [4.69, 9.17) is 9.72 Å². The molecule has 3 aliphatic rings. The first kappa shape index (κ1) is 22.0. The van der Waals surface area contributed by atoms with Gasteiger partial charge in [-0.25, -0.2) is 4.98 Å². The normalized spacial score (nSPS) is 23.2. The largest absolute Gasteiger partial charge is 0.375 e. The van der Waals surface area contributed by atoms with Gasteiger partial charge in [-0.1, -0.05) is 42.5 Å². The maximum absolute atomic E-state index is 13.3. The summed E-state index contributed by atoms with van der Waals surface area (Å²) >= 11 is 0. The Bertz CT molecular complexity index is 1340. The molecule has 180 valence electrons. The molecule has 2 amide bonds.